The average Bonchev–Trinajstić information content (AvgIpc) is 2.99. The lowest BCUT2D eigenvalue weighted by Crippen LogP contribution is -2.49. The van der Waals surface area contributed by atoms with Crippen molar-refractivity contribution in [2.24, 2.45) is 15.2 Å². The summed E-state index contributed by atoms with van der Waals surface area (Å²) < 4.78 is 0. The van der Waals surface area contributed by atoms with Crippen LogP contribution < -0.4 is 0 Å². The van der Waals surface area contributed by atoms with Crippen LogP contribution >= 0.6 is 12.4 Å². The van der Waals surface area contributed by atoms with Crippen molar-refractivity contribution < 1.29 is 20.4 Å². The average molecular weight is 295 g/mol. The maximum atomic E-state index is 9.89. The van der Waals surface area contributed by atoms with E-state index in [-0.39, 0.29) is 24.8 Å². The van der Waals surface area contributed by atoms with Crippen LogP contribution in [0.2, 0.25) is 0 Å². The molecular weight excluding hydrogens is 276 g/mol. The number of hydrogen-bond donors (Lipinski definition) is 4. The molecule has 9 heteroatoms. The smallest absolute Gasteiger partial charge is 0.236 e. The predicted octanol–water partition coefficient (Wildman–Crippen LogP) is -0.925. The molecule has 0 aliphatic carbocycles. The third kappa shape index (κ3) is 3.21. The summed E-state index contributed by atoms with van der Waals surface area (Å²) in [5, 5.41) is 46.0. The highest BCUT2D eigenvalue weighted by atomic mass is 35.5. The monoisotopic (exact) mass is 294 g/mol. The van der Waals surface area contributed by atoms with E-state index < -0.39 is 23.8 Å². The Bertz CT molecular complexity index is 387. The fourth-order valence-electron chi connectivity index (χ4n) is 2.06. The van der Waals surface area contributed by atoms with E-state index in [4.69, 9.17) is 0 Å². The Morgan fingerprint density at radius 3 is 2.26 bits per heavy atom. The van der Waals surface area contributed by atoms with Gasteiger partial charge >= 0.3 is 0 Å². The van der Waals surface area contributed by atoms with Gasteiger partial charge < -0.3 is 25.3 Å². The Labute approximate surface area is 116 Å². The highest BCUT2D eigenvalue weighted by Crippen LogP contribution is 2.31. The van der Waals surface area contributed by atoms with Crippen LogP contribution in [0, 0.1) is 0 Å². The maximum Gasteiger partial charge on any atom is 0.236 e. The van der Waals surface area contributed by atoms with E-state index in [0.717, 1.165) is 6.42 Å². The quantitative estimate of drug-likeness (QED) is 0.488. The van der Waals surface area contributed by atoms with Crippen molar-refractivity contribution >= 4 is 18.2 Å². The molecule has 2 aliphatic rings. The van der Waals surface area contributed by atoms with Crippen LogP contribution in [-0.2, 0) is 0 Å². The molecule has 8 nitrogen and oxygen atoms in total. The summed E-state index contributed by atoms with van der Waals surface area (Å²) >= 11 is 0. The van der Waals surface area contributed by atoms with Gasteiger partial charge in [-0.15, -0.1) is 12.4 Å². The molecule has 0 amide bonds. The van der Waals surface area contributed by atoms with E-state index in [0.29, 0.717) is 6.54 Å². The van der Waals surface area contributed by atoms with Crippen LogP contribution in [-0.4, -0.2) is 68.0 Å². The lowest BCUT2D eigenvalue weighted by atomic mass is 10.1. The van der Waals surface area contributed by atoms with E-state index in [1.54, 1.807) is 4.90 Å². The molecule has 0 saturated heterocycles. The van der Waals surface area contributed by atoms with E-state index in [9.17, 15) is 20.4 Å². The largest absolute Gasteiger partial charge is 0.361 e. The molecular formula is C10H19ClN4O4. The molecule has 110 valence electrons. The van der Waals surface area contributed by atoms with Gasteiger partial charge in [0.25, 0.3) is 0 Å². The summed E-state index contributed by atoms with van der Waals surface area (Å²) in [4.78, 5) is 5.65. The number of rotatable bonds is 5. The first-order chi connectivity index (χ1) is 8.26. The first-order valence-corrected chi connectivity index (χ1v) is 5.89. The Hall–Kier alpha value is -0.800. The molecule has 0 radical (unpaired) electrons. The van der Waals surface area contributed by atoms with Gasteiger partial charge in [-0.2, -0.15) is 10.2 Å². The first kappa shape index (κ1) is 16.3. The molecule has 0 bridgehead atoms. The molecule has 2 aliphatic heterocycles. The van der Waals surface area contributed by atoms with Crippen molar-refractivity contribution in [3.05, 3.63) is 0 Å². The Morgan fingerprint density at radius 1 is 1.26 bits per heavy atom. The third-order valence-corrected chi connectivity index (χ3v) is 2.99. The van der Waals surface area contributed by atoms with Crippen LogP contribution in [0.25, 0.3) is 0 Å². The Morgan fingerprint density at radius 2 is 1.84 bits per heavy atom. The summed E-state index contributed by atoms with van der Waals surface area (Å²) in [6.45, 7) is 3.89. The Balaban J connectivity index is 0.00000180. The zero-order chi connectivity index (χ0) is 13.6. The van der Waals surface area contributed by atoms with Gasteiger partial charge in [-0.05, 0) is 13.3 Å². The molecule has 0 fully saturated rings. The zero-order valence-corrected chi connectivity index (χ0v) is 11.6. The van der Waals surface area contributed by atoms with Gasteiger partial charge in [0.15, 0.2) is 5.84 Å². The molecule has 0 aromatic heterocycles. The molecule has 1 atom stereocenters. The van der Waals surface area contributed by atoms with E-state index >= 15 is 0 Å². The van der Waals surface area contributed by atoms with Gasteiger partial charge in [-0.1, -0.05) is 6.92 Å². The van der Waals surface area contributed by atoms with Crippen molar-refractivity contribution in [2.75, 3.05) is 13.1 Å². The lowest BCUT2D eigenvalue weighted by Gasteiger charge is -2.27. The highest BCUT2D eigenvalue weighted by Gasteiger charge is 2.52. The van der Waals surface area contributed by atoms with Gasteiger partial charge in [-0.25, -0.2) is 0 Å². The minimum absolute atomic E-state index is 0. The Kier molecular flexibility index (Phi) is 4.53. The third-order valence-electron chi connectivity index (χ3n) is 2.99. The molecule has 0 aromatic rings. The summed E-state index contributed by atoms with van der Waals surface area (Å²) in [5.74, 6) is -4.22. The van der Waals surface area contributed by atoms with Crippen molar-refractivity contribution in [1.29, 1.82) is 0 Å². The van der Waals surface area contributed by atoms with E-state index in [2.05, 4.69) is 15.2 Å². The summed E-state index contributed by atoms with van der Waals surface area (Å²) in [5.41, 5.74) is 0. The van der Waals surface area contributed by atoms with Crippen molar-refractivity contribution in [2.45, 2.75) is 44.1 Å². The van der Waals surface area contributed by atoms with Crippen molar-refractivity contribution in [1.82, 2.24) is 4.90 Å². The van der Waals surface area contributed by atoms with Gasteiger partial charge in [-0.3, -0.25) is 4.99 Å². The van der Waals surface area contributed by atoms with Crippen LogP contribution in [0.4, 0.5) is 0 Å². The number of hydrogen-bond acceptors (Lipinski definition) is 8. The van der Waals surface area contributed by atoms with E-state index in [1.165, 1.54) is 6.92 Å². The SMILES string of the molecule is CCCN1CC(C(O)(O)C2N=N2)N=C1C(C)(O)O.Cl. The molecule has 2 heterocycles. The van der Waals surface area contributed by atoms with Gasteiger partial charge in [0.05, 0.1) is 0 Å². The minimum Gasteiger partial charge on any atom is -0.361 e. The number of nitrogens with zero attached hydrogens (tertiary/aromatic N) is 4. The van der Waals surface area contributed by atoms with Crippen LogP contribution in [0.15, 0.2) is 15.2 Å². The van der Waals surface area contributed by atoms with Crippen LogP contribution in [0.1, 0.15) is 20.3 Å². The second-order valence-electron chi connectivity index (χ2n) is 4.82. The second kappa shape index (κ2) is 5.29. The van der Waals surface area contributed by atoms with Gasteiger partial charge in [0, 0.05) is 13.1 Å². The van der Waals surface area contributed by atoms with E-state index in [1.807, 2.05) is 6.92 Å². The predicted molar refractivity (Wildman–Crippen MR) is 69.0 cm³/mol. The molecule has 0 spiro atoms. The summed E-state index contributed by atoms with van der Waals surface area (Å²) in [7, 11) is 0. The molecule has 0 saturated carbocycles. The fourth-order valence-corrected chi connectivity index (χ4v) is 2.06. The highest BCUT2D eigenvalue weighted by molar-refractivity contribution is 5.90. The van der Waals surface area contributed by atoms with Gasteiger partial charge in [0.1, 0.15) is 6.04 Å². The molecule has 1 unspecified atom stereocenters. The van der Waals surface area contributed by atoms with Crippen molar-refractivity contribution in [3.8, 4) is 0 Å². The van der Waals surface area contributed by atoms with Crippen molar-refractivity contribution in [3.63, 3.8) is 0 Å². The zero-order valence-electron chi connectivity index (χ0n) is 10.8. The topological polar surface area (TPSA) is 121 Å². The fraction of sp³-hybridized carbons (Fsp3) is 0.900. The second-order valence-corrected chi connectivity index (χ2v) is 4.82. The molecule has 19 heavy (non-hydrogen) atoms. The summed E-state index contributed by atoms with van der Waals surface area (Å²) in [6.07, 6.45) is -0.109. The number of amidine groups is 1. The standard InChI is InChI=1S/C10H18N4O4.ClH/c1-3-4-14-5-6(10(17,18)7-12-13-7)11-8(14)9(2,15)16;/h6-7,15-18H,3-5H2,1-2H3;1H. The number of aliphatic hydroxyl groups is 4. The van der Waals surface area contributed by atoms with Crippen LogP contribution in [0.3, 0.4) is 0 Å². The lowest BCUT2D eigenvalue weighted by molar-refractivity contribution is -0.176. The normalized spacial score (nSPS) is 23.4. The van der Waals surface area contributed by atoms with Crippen LogP contribution in [0.5, 0.6) is 0 Å². The number of aliphatic imine (C=N–C) groups is 1. The molecule has 0 aromatic carbocycles. The number of halogens is 1. The maximum absolute atomic E-state index is 9.89. The molecule has 2 rings (SSSR count). The summed E-state index contributed by atoms with van der Waals surface area (Å²) in [6, 6.07) is -0.891. The minimum atomic E-state index is -2.17. The molecule has 4 N–H and O–H groups in total. The first-order valence-electron chi connectivity index (χ1n) is 5.89. The van der Waals surface area contributed by atoms with Gasteiger partial charge in [0.2, 0.25) is 17.7 Å².